The Bertz CT molecular complexity index is 897. The van der Waals surface area contributed by atoms with Crippen LogP contribution < -0.4 is 10.2 Å². The first-order chi connectivity index (χ1) is 13.1. The van der Waals surface area contributed by atoms with Crippen LogP contribution in [0, 0.1) is 12.7 Å². The molecule has 2 aromatic carbocycles. The van der Waals surface area contributed by atoms with Crippen molar-refractivity contribution in [3.63, 3.8) is 0 Å². The Labute approximate surface area is 161 Å². The van der Waals surface area contributed by atoms with Crippen molar-refractivity contribution in [2.75, 3.05) is 37.1 Å². The molecule has 0 aromatic heterocycles. The summed E-state index contributed by atoms with van der Waals surface area (Å²) in [5.74, 6) is -0.832. The molecule has 5 nitrogen and oxygen atoms in total. The van der Waals surface area contributed by atoms with Gasteiger partial charge in [0.15, 0.2) is 0 Å². The van der Waals surface area contributed by atoms with E-state index in [0.29, 0.717) is 43.1 Å². The summed E-state index contributed by atoms with van der Waals surface area (Å²) in [6.07, 6.45) is 0. The number of benzene rings is 2. The number of rotatable bonds is 3. The molecule has 0 saturated carbocycles. The summed E-state index contributed by atoms with van der Waals surface area (Å²) in [7, 11) is 0. The summed E-state index contributed by atoms with van der Waals surface area (Å²) in [4.78, 5) is 14.9. The first kappa shape index (κ1) is 18.3. The molecule has 0 aliphatic carbocycles. The summed E-state index contributed by atoms with van der Waals surface area (Å²) >= 11 is 1.65. The molecule has 142 valence electrons. The predicted octanol–water partition coefficient (Wildman–Crippen LogP) is 3.49. The van der Waals surface area contributed by atoms with Crippen molar-refractivity contribution < 1.29 is 19.0 Å². The largest absolute Gasteiger partial charge is 0.478 e. The normalized spacial score (nSPS) is 16.9. The Morgan fingerprint density at radius 3 is 2.85 bits per heavy atom. The van der Waals surface area contributed by atoms with Crippen molar-refractivity contribution in [2.24, 2.45) is 0 Å². The number of nitrogens with one attached hydrogen (secondary N) is 1. The molecule has 4 rings (SSSR count). The number of hydrogen-bond donors (Lipinski definition) is 2. The van der Waals surface area contributed by atoms with Crippen LogP contribution in [0.2, 0.25) is 0 Å². The molecule has 1 saturated heterocycles. The third-order valence-electron chi connectivity index (χ3n) is 5.05. The zero-order valence-corrected chi connectivity index (χ0v) is 15.9. The fourth-order valence-corrected chi connectivity index (χ4v) is 4.85. The molecule has 1 fully saturated rings. The number of fused-ring (bicyclic) bond motifs is 1. The van der Waals surface area contributed by atoms with Crippen LogP contribution in [0.1, 0.15) is 21.5 Å². The minimum absolute atomic E-state index is 0.00904. The molecule has 0 amide bonds. The zero-order chi connectivity index (χ0) is 19.0. The van der Waals surface area contributed by atoms with Crippen LogP contribution in [0.4, 0.5) is 10.1 Å². The number of carboxylic acid groups (broad SMARTS) is 1. The van der Waals surface area contributed by atoms with Gasteiger partial charge in [-0.2, -0.15) is 0 Å². The lowest BCUT2D eigenvalue weighted by atomic mass is 9.93. The van der Waals surface area contributed by atoms with Gasteiger partial charge in [0.25, 0.3) is 0 Å². The monoisotopic (exact) mass is 388 g/mol. The van der Waals surface area contributed by atoms with Crippen LogP contribution in [0.15, 0.2) is 29.2 Å². The van der Waals surface area contributed by atoms with E-state index in [1.54, 1.807) is 11.8 Å². The van der Waals surface area contributed by atoms with Crippen molar-refractivity contribution in [1.82, 2.24) is 5.32 Å². The van der Waals surface area contributed by atoms with Gasteiger partial charge < -0.3 is 20.1 Å². The number of ether oxygens (including phenoxy) is 1. The van der Waals surface area contributed by atoms with E-state index in [2.05, 4.69) is 5.32 Å². The molecule has 7 heteroatoms. The smallest absolute Gasteiger partial charge is 0.337 e. The molecule has 27 heavy (non-hydrogen) atoms. The number of thioether (sulfide) groups is 1. The third kappa shape index (κ3) is 3.31. The van der Waals surface area contributed by atoms with Crippen LogP contribution >= 0.6 is 11.8 Å². The van der Waals surface area contributed by atoms with E-state index in [1.807, 2.05) is 30.0 Å². The van der Waals surface area contributed by atoms with E-state index in [4.69, 9.17) is 4.74 Å². The molecule has 2 aliphatic rings. The van der Waals surface area contributed by atoms with E-state index < -0.39 is 11.8 Å². The maximum absolute atomic E-state index is 15.1. The maximum Gasteiger partial charge on any atom is 0.337 e. The highest BCUT2D eigenvalue weighted by molar-refractivity contribution is 7.99. The van der Waals surface area contributed by atoms with Gasteiger partial charge >= 0.3 is 5.97 Å². The average Bonchev–Trinajstić information content (AvgIpc) is 2.68. The maximum atomic E-state index is 15.1. The van der Waals surface area contributed by atoms with Gasteiger partial charge in [0, 0.05) is 36.0 Å². The molecular formula is C20H21FN2O3S. The Morgan fingerprint density at radius 1 is 1.33 bits per heavy atom. The van der Waals surface area contributed by atoms with Crippen LogP contribution in [-0.4, -0.2) is 43.3 Å². The average molecular weight is 388 g/mol. The number of aromatic carboxylic acids is 1. The summed E-state index contributed by atoms with van der Waals surface area (Å²) < 4.78 is 20.5. The van der Waals surface area contributed by atoms with Crippen LogP contribution in [0.3, 0.4) is 0 Å². The molecule has 2 N–H and O–H groups in total. The number of carboxylic acids is 1. The molecule has 0 unspecified atom stereocenters. The lowest BCUT2D eigenvalue weighted by Crippen LogP contribution is -2.37. The van der Waals surface area contributed by atoms with Gasteiger partial charge in [0.05, 0.1) is 24.5 Å². The minimum atomic E-state index is -1.11. The number of hydrogen-bond acceptors (Lipinski definition) is 5. The number of halogens is 1. The molecule has 0 atom stereocenters. The SMILES string of the molecule is Cc1c(-c2cccc3c2SCNC3)c(F)cc(C(=O)O)c1N1CCOCC1. The number of morpholine rings is 1. The molecule has 0 bridgehead atoms. The Kier molecular flexibility index (Phi) is 5.08. The van der Waals surface area contributed by atoms with Crippen LogP contribution in [0.5, 0.6) is 0 Å². The van der Waals surface area contributed by atoms with Crippen LogP contribution in [-0.2, 0) is 11.3 Å². The molecular weight excluding hydrogens is 367 g/mol. The van der Waals surface area contributed by atoms with Gasteiger partial charge in [-0.25, -0.2) is 9.18 Å². The van der Waals surface area contributed by atoms with Crippen LogP contribution in [0.25, 0.3) is 11.1 Å². The third-order valence-corrected chi connectivity index (χ3v) is 6.17. The first-order valence-corrected chi connectivity index (χ1v) is 9.91. The molecule has 2 aliphatic heterocycles. The predicted molar refractivity (Wildman–Crippen MR) is 104 cm³/mol. The number of carbonyl (C=O) groups is 1. The first-order valence-electron chi connectivity index (χ1n) is 8.92. The second-order valence-electron chi connectivity index (χ2n) is 6.67. The van der Waals surface area contributed by atoms with Gasteiger partial charge in [-0.3, -0.25) is 0 Å². The van der Waals surface area contributed by atoms with Crippen molar-refractivity contribution in [1.29, 1.82) is 0 Å². The van der Waals surface area contributed by atoms with Crippen molar-refractivity contribution >= 4 is 23.4 Å². The van der Waals surface area contributed by atoms with E-state index in [-0.39, 0.29) is 5.56 Å². The van der Waals surface area contributed by atoms with Gasteiger partial charge in [0.2, 0.25) is 0 Å². The van der Waals surface area contributed by atoms with Gasteiger partial charge in [-0.1, -0.05) is 18.2 Å². The second-order valence-corrected chi connectivity index (χ2v) is 7.65. The summed E-state index contributed by atoms with van der Waals surface area (Å²) in [5, 5.41) is 13.0. The standard InChI is InChI=1S/C20H21FN2O3S/c1-12-17(14-4-2-3-13-10-22-11-27-19(13)14)16(21)9-15(20(24)25)18(12)23-5-7-26-8-6-23/h2-4,9,22H,5-8,10-11H2,1H3,(H,24,25). The molecule has 0 spiro atoms. The summed E-state index contributed by atoms with van der Waals surface area (Å²) in [6, 6.07) is 7.06. The lowest BCUT2D eigenvalue weighted by Gasteiger charge is -2.32. The number of nitrogens with zero attached hydrogens (tertiary/aromatic N) is 1. The van der Waals surface area contributed by atoms with E-state index in [1.165, 1.54) is 6.07 Å². The van der Waals surface area contributed by atoms with E-state index in [9.17, 15) is 9.90 Å². The molecule has 2 aromatic rings. The van der Waals surface area contributed by atoms with Crippen molar-refractivity contribution in [3.8, 4) is 11.1 Å². The van der Waals surface area contributed by atoms with Crippen molar-refractivity contribution in [2.45, 2.75) is 18.4 Å². The lowest BCUT2D eigenvalue weighted by molar-refractivity contribution is 0.0695. The Morgan fingerprint density at radius 2 is 2.11 bits per heavy atom. The molecule has 0 radical (unpaired) electrons. The quantitative estimate of drug-likeness (QED) is 0.839. The van der Waals surface area contributed by atoms with Gasteiger partial charge in [-0.15, -0.1) is 11.8 Å². The summed E-state index contributed by atoms with van der Waals surface area (Å²) in [5.41, 5.74) is 3.74. The topological polar surface area (TPSA) is 61.8 Å². The Hall–Kier alpha value is -2.09. The second kappa shape index (κ2) is 7.50. The van der Waals surface area contributed by atoms with Crippen molar-refractivity contribution in [3.05, 3.63) is 46.8 Å². The molecule has 2 heterocycles. The highest BCUT2D eigenvalue weighted by Gasteiger charge is 2.27. The van der Waals surface area contributed by atoms with E-state index in [0.717, 1.165) is 28.4 Å². The fourth-order valence-electron chi connectivity index (χ4n) is 3.86. The zero-order valence-electron chi connectivity index (χ0n) is 15.0. The van der Waals surface area contributed by atoms with E-state index >= 15 is 4.39 Å². The Balaban J connectivity index is 1.93. The highest BCUT2D eigenvalue weighted by atomic mass is 32.2. The minimum Gasteiger partial charge on any atom is -0.478 e. The highest BCUT2D eigenvalue weighted by Crippen LogP contribution is 2.42. The van der Waals surface area contributed by atoms with Gasteiger partial charge in [-0.05, 0) is 29.7 Å². The summed E-state index contributed by atoms with van der Waals surface area (Å²) in [6.45, 7) is 4.83. The van der Waals surface area contributed by atoms with Gasteiger partial charge in [0.1, 0.15) is 5.82 Å². The fraction of sp³-hybridized carbons (Fsp3) is 0.350. The number of anilines is 1.